The molecule has 0 aliphatic carbocycles. The molecule has 0 amide bonds. The van der Waals surface area contributed by atoms with Crippen molar-refractivity contribution in [2.75, 3.05) is 5.32 Å². The average Bonchev–Trinajstić information content (AvgIpc) is 2.37. The van der Waals surface area contributed by atoms with Gasteiger partial charge in [-0.15, -0.1) is 0 Å². The van der Waals surface area contributed by atoms with Crippen molar-refractivity contribution in [1.82, 2.24) is 4.98 Å². The van der Waals surface area contributed by atoms with Crippen LogP contribution in [0.15, 0.2) is 48.7 Å². The van der Waals surface area contributed by atoms with E-state index in [1.54, 1.807) is 24.4 Å². The first-order valence-corrected chi connectivity index (χ1v) is 6.27. The maximum absolute atomic E-state index is 13.2. The number of nitrogens with one attached hydrogen (secondary N) is 1. The molecule has 100 valence electrons. The van der Waals surface area contributed by atoms with Crippen LogP contribution >= 0.6 is 11.6 Å². The molecule has 1 aromatic heterocycles. The smallest absolute Gasteiger partial charge is 0.128 e. The Morgan fingerprint density at radius 3 is 2.45 bits per heavy atom. The van der Waals surface area contributed by atoms with Crippen LogP contribution in [0.2, 0.25) is 5.02 Å². The summed E-state index contributed by atoms with van der Waals surface area (Å²) in [7, 11) is 0. The van der Waals surface area contributed by atoms with Gasteiger partial charge in [0.1, 0.15) is 11.6 Å². The second-order valence-electron chi connectivity index (χ2n) is 4.30. The third-order valence-corrected chi connectivity index (χ3v) is 3.08. The van der Waals surface area contributed by atoms with Crippen molar-refractivity contribution < 1.29 is 8.78 Å². The molecular weight excluding hydrogens is 282 g/mol. The van der Waals surface area contributed by atoms with Gasteiger partial charge in [-0.2, -0.15) is 0 Å². The topological polar surface area (TPSA) is 24.9 Å². The summed E-state index contributed by atoms with van der Waals surface area (Å²) in [5.41, 5.74) is 1.75. The zero-order valence-electron chi connectivity index (χ0n) is 10.2. The lowest BCUT2D eigenvalue weighted by Gasteiger charge is -2.10. The average molecular weight is 291 g/mol. The van der Waals surface area contributed by atoms with Gasteiger partial charge < -0.3 is 5.32 Å². The van der Waals surface area contributed by atoms with E-state index in [2.05, 4.69) is 10.3 Å². The van der Waals surface area contributed by atoms with E-state index >= 15 is 0 Å². The molecule has 5 heteroatoms. The molecule has 2 nitrogen and oxygen atoms in total. The van der Waals surface area contributed by atoms with Crippen molar-refractivity contribution in [3.05, 3.63) is 65.3 Å². The van der Waals surface area contributed by atoms with Gasteiger partial charge in [-0.25, -0.2) is 8.78 Å². The lowest BCUT2D eigenvalue weighted by atomic mass is 10.2. The number of nitrogens with zero attached hydrogens (tertiary/aromatic N) is 1. The number of fused-ring (bicyclic) bond motifs is 1. The molecule has 3 aromatic rings. The van der Waals surface area contributed by atoms with Crippen molar-refractivity contribution in [3.63, 3.8) is 0 Å². The fourth-order valence-corrected chi connectivity index (χ4v) is 2.18. The molecule has 0 spiro atoms. The highest BCUT2D eigenvalue weighted by Crippen LogP contribution is 2.27. The number of aromatic nitrogens is 1. The molecular formula is C15H9ClF2N2. The molecule has 0 fully saturated rings. The van der Waals surface area contributed by atoms with E-state index in [-0.39, 0.29) is 0 Å². The Morgan fingerprint density at radius 1 is 0.950 bits per heavy atom. The molecule has 20 heavy (non-hydrogen) atoms. The van der Waals surface area contributed by atoms with Gasteiger partial charge in [-0.05, 0) is 36.4 Å². The first-order valence-electron chi connectivity index (χ1n) is 5.89. The minimum Gasteiger partial charge on any atom is -0.355 e. The Morgan fingerprint density at radius 2 is 1.70 bits per heavy atom. The van der Waals surface area contributed by atoms with Gasteiger partial charge in [-0.3, -0.25) is 4.98 Å². The molecule has 0 saturated heterocycles. The molecule has 0 radical (unpaired) electrons. The summed E-state index contributed by atoms with van der Waals surface area (Å²) in [6, 6.07) is 10.3. The Kier molecular flexibility index (Phi) is 3.24. The summed E-state index contributed by atoms with van der Waals surface area (Å²) in [6.45, 7) is 0. The van der Waals surface area contributed by atoms with Gasteiger partial charge in [-0.1, -0.05) is 11.6 Å². The summed E-state index contributed by atoms with van der Waals surface area (Å²) in [4.78, 5) is 4.21. The number of halogens is 3. The predicted molar refractivity (Wildman–Crippen MR) is 76.4 cm³/mol. The Bertz CT molecular complexity index is 770. The van der Waals surface area contributed by atoms with Crippen LogP contribution in [0.4, 0.5) is 20.2 Å². The number of hydrogen-bond donors (Lipinski definition) is 1. The number of pyridine rings is 1. The molecule has 0 atom stereocenters. The maximum atomic E-state index is 13.2. The van der Waals surface area contributed by atoms with E-state index in [0.29, 0.717) is 21.9 Å². The third kappa shape index (κ3) is 2.56. The summed E-state index contributed by atoms with van der Waals surface area (Å²) in [5.74, 6) is -1.26. The number of hydrogen-bond acceptors (Lipinski definition) is 2. The van der Waals surface area contributed by atoms with Gasteiger partial charge in [0.15, 0.2) is 0 Å². The molecule has 1 heterocycles. The Balaban J connectivity index is 2.06. The molecule has 0 bridgehead atoms. The van der Waals surface area contributed by atoms with Crippen LogP contribution in [-0.2, 0) is 0 Å². The van der Waals surface area contributed by atoms with Gasteiger partial charge in [0, 0.05) is 34.0 Å². The second-order valence-corrected chi connectivity index (χ2v) is 4.74. The summed E-state index contributed by atoms with van der Waals surface area (Å²) >= 11 is 5.91. The minimum atomic E-state index is -0.631. The zero-order chi connectivity index (χ0) is 14.1. The molecule has 3 rings (SSSR count). The van der Waals surface area contributed by atoms with Crippen molar-refractivity contribution in [2.45, 2.75) is 0 Å². The quantitative estimate of drug-likeness (QED) is 0.725. The van der Waals surface area contributed by atoms with Crippen LogP contribution in [0.1, 0.15) is 0 Å². The minimum absolute atomic E-state index is 0.338. The first-order chi connectivity index (χ1) is 9.61. The normalized spacial score (nSPS) is 10.8. The fraction of sp³-hybridized carbons (Fsp3) is 0. The van der Waals surface area contributed by atoms with E-state index < -0.39 is 11.6 Å². The van der Waals surface area contributed by atoms with Crippen molar-refractivity contribution in [2.24, 2.45) is 0 Å². The number of rotatable bonds is 2. The SMILES string of the molecule is Fc1cc(F)cc(Nc2ccnc3cc(Cl)ccc23)c1. The van der Waals surface area contributed by atoms with E-state index in [4.69, 9.17) is 11.6 Å². The highest BCUT2D eigenvalue weighted by Gasteiger charge is 2.05. The lowest BCUT2D eigenvalue weighted by molar-refractivity contribution is 0.584. The summed E-state index contributed by atoms with van der Waals surface area (Å²) < 4.78 is 26.4. The van der Waals surface area contributed by atoms with Crippen LogP contribution in [0, 0.1) is 11.6 Å². The largest absolute Gasteiger partial charge is 0.355 e. The van der Waals surface area contributed by atoms with Crippen molar-refractivity contribution in [3.8, 4) is 0 Å². The van der Waals surface area contributed by atoms with E-state index in [1.807, 2.05) is 6.07 Å². The standard InChI is InChI=1S/C15H9ClF2N2/c16-9-1-2-13-14(3-4-19-15(13)5-9)20-12-7-10(17)6-11(18)8-12/h1-8H,(H,19,20). The molecule has 0 unspecified atom stereocenters. The van der Waals surface area contributed by atoms with Crippen molar-refractivity contribution >= 4 is 33.9 Å². The van der Waals surface area contributed by atoms with Crippen LogP contribution in [0.3, 0.4) is 0 Å². The van der Waals surface area contributed by atoms with Gasteiger partial charge in [0.05, 0.1) is 5.52 Å². The Hall–Kier alpha value is -2.20. The Labute approximate surface area is 119 Å². The fourth-order valence-electron chi connectivity index (χ4n) is 2.01. The van der Waals surface area contributed by atoms with Gasteiger partial charge in [0.2, 0.25) is 0 Å². The van der Waals surface area contributed by atoms with Crippen LogP contribution in [-0.4, -0.2) is 4.98 Å². The van der Waals surface area contributed by atoms with E-state index in [9.17, 15) is 8.78 Å². The highest BCUT2D eigenvalue weighted by atomic mass is 35.5. The second kappa shape index (κ2) is 5.06. The molecule has 0 aliphatic rings. The first kappa shape index (κ1) is 12.8. The van der Waals surface area contributed by atoms with E-state index in [0.717, 1.165) is 11.5 Å². The third-order valence-electron chi connectivity index (χ3n) is 2.85. The number of benzene rings is 2. The maximum Gasteiger partial charge on any atom is 0.128 e. The van der Waals surface area contributed by atoms with Crippen LogP contribution < -0.4 is 5.32 Å². The van der Waals surface area contributed by atoms with Gasteiger partial charge >= 0.3 is 0 Å². The predicted octanol–water partition coefficient (Wildman–Crippen LogP) is 4.91. The summed E-state index contributed by atoms with van der Waals surface area (Å²) in [6.07, 6.45) is 1.61. The highest BCUT2D eigenvalue weighted by molar-refractivity contribution is 6.31. The molecule has 0 saturated carbocycles. The molecule has 1 N–H and O–H groups in total. The van der Waals surface area contributed by atoms with Crippen LogP contribution in [0.25, 0.3) is 10.9 Å². The number of anilines is 2. The zero-order valence-corrected chi connectivity index (χ0v) is 11.0. The van der Waals surface area contributed by atoms with E-state index in [1.165, 1.54) is 12.1 Å². The van der Waals surface area contributed by atoms with Gasteiger partial charge in [0.25, 0.3) is 0 Å². The lowest BCUT2D eigenvalue weighted by Crippen LogP contribution is -1.94. The van der Waals surface area contributed by atoms with Crippen molar-refractivity contribution in [1.29, 1.82) is 0 Å². The molecule has 2 aromatic carbocycles. The summed E-state index contributed by atoms with van der Waals surface area (Å²) in [5, 5.41) is 4.39. The molecule has 0 aliphatic heterocycles. The monoisotopic (exact) mass is 290 g/mol. The van der Waals surface area contributed by atoms with Crippen LogP contribution in [0.5, 0.6) is 0 Å².